The fourth-order valence-electron chi connectivity index (χ4n) is 1.93. The predicted octanol–water partition coefficient (Wildman–Crippen LogP) is 3.31. The third-order valence-corrected chi connectivity index (χ3v) is 3.29. The van der Waals surface area contributed by atoms with Crippen LogP contribution < -0.4 is 10.2 Å². The van der Waals surface area contributed by atoms with Crippen LogP contribution in [0.2, 0.25) is 0 Å². The highest BCUT2D eigenvalue weighted by Crippen LogP contribution is 2.12. The van der Waals surface area contributed by atoms with Gasteiger partial charge in [-0.2, -0.15) is 5.10 Å². The summed E-state index contributed by atoms with van der Waals surface area (Å²) in [6, 6.07) is 13.6. The number of benzene rings is 2. The molecule has 1 amide bonds. The lowest BCUT2D eigenvalue weighted by atomic mass is 10.1. The predicted molar refractivity (Wildman–Crippen MR) is 88.1 cm³/mol. The van der Waals surface area contributed by atoms with Gasteiger partial charge in [0.25, 0.3) is 5.91 Å². The second kappa shape index (κ2) is 8.08. The van der Waals surface area contributed by atoms with E-state index in [4.69, 9.17) is 4.74 Å². The molecular formula is C18H19FN2O2. The minimum absolute atomic E-state index is 0.134. The molecule has 0 aliphatic rings. The van der Waals surface area contributed by atoms with Crippen molar-refractivity contribution < 1.29 is 13.9 Å². The van der Waals surface area contributed by atoms with Crippen LogP contribution in [-0.4, -0.2) is 18.2 Å². The molecule has 0 saturated carbocycles. The van der Waals surface area contributed by atoms with Gasteiger partial charge in [0.1, 0.15) is 11.6 Å². The summed E-state index contributed by atoms with van der Waals surface area (Å²) in [5.74, 6) is -0.0919. The molecule has 0 fully saturated rings. The Hall–Kier alpha value is -2.69. The molecule has 0 radical (unpaired) electrons. The third-order valence-electron chi connectivity index (χ3n) is 3.29. The standard InChI is InChI=1S/C18H19FN2O2/c1-3-14-7-9-17(10-8-14)23-12-18(22)21-20-13(2)15-5-4-6-16(19)11-15/h4-11H,3,12H2,1-2H3,(H,21,22)/b20-13+. The lowest BCUT2D eigenvalue weighted by Gasteiger charge is -2.06. The van der Waals surface area contributed by atoms with E-state index < -0.39 is 0 Å². The van der Waals surface area contributed by atoms with Crippen LogP contribution in [0.3, 0.4) is 0 Å². The Labute approximate surface area is 135 Å². The molecule has 0 spiro atoms. The Morgan fingerprint density at radius 1 is 1.22 bits per heavy atom. The maximum atomic E-state index is 13.1. The molecular weight excluding hydrogens is 295 g/mol. The number of nitrogens with one attached hydrogen (secondary N) is 1. The summed E-state index contributed by atoms with van der Waals surface area (Å²) < 4.78 is 18.5. The van der Waals surface area contributed by atoms with E-state index in [9.17, 15) is 9.18 Å². The molecule has 0 bridgehead atoms. The Kier molecular flexibility index (Phi) is 5.86. The first-order valence-corrected chi connectivity index (χ1v) is 7.39. The second-order valence-electron chi connectivity index (χ2n) is 5.03. The van der Waals surface area contributed by atoms with Gasteiger partial charge in [-0.25, -0.2) is 9.82 Å². The lowest BCUT2D eigenvalue weighted by Crippen LogP contribution is -2.25. The molecule has 0 aromatic heterocycles. The van der Waals surface area contributed by atoms with Crippen molar-refractivity contribution in [3.05, 3.63) is 65.5 Å². The number of halogens is 1. The fraction of sp³-hybridized carbons (Fsp3) is 0.222. The Morgan fingerprint density at radius 3 is 2.61 bits per heavy atom. The van der Waals surface area contributed by atoms with E-state index in [0.717, 1.165) is 6.42 Å². The molecule has 0 heterocycles. The highest BCUT2D eigenvalue weighted by atomic mass is 19.1. The first-order valence-electron chi connectivity index (χ1n) is 7.39. The number of hydrazone groups is 1. The molecule has 2 aromatic rings. The van der Waals surface area contributed by atoms with Gasteiger partial charge in [-0.1, -0.05) is 31.2 Å². The minimum Gasteiger partial charge on any atom is -0.484 e. The Bertz CT molecular complexity index is 696. The summed E-state index contributed by atoms with van der Waals surface area (Å²) in [7, 11) is 0. The number of amides is 1. The van der Waals surface area contributed by atoms with Gasteiger partial charge in [-0.3, -0.25) is 4.79 Å². The number of aryl methyl sites for hydroxylation is 1. The van der Waals surface area contributed by atoms with Crippen LogP contribution in [0, 0.1) is 5.82 Å². The molecule has 0 aliphatic carbocycles. The van der Waals surface area contributed by atoms with Crippen molar-refractivity contribution in [3.8, 4) is 5.75 Å². The molecule has 0 saturated heterocycles. The number of hydrogen-bond donors (Lipinski definition) is 1. The summed E-state index contributed by atoms with van der Waals surface area (Å²) in [5.41, 5.74) is 4.73. The van der Waals surface area contributed by atoms with Crippen molar-refractivity contribution in [2.45, 2.75) is 20.3 Å². The number of carbonyl (C=O) groups excluding carboxylic acids is 1. The van der Waals surface area contributed by atoms with Crippen LogP contribution in [0.5, 0.6) is 5.75 Å². The summed E-state index contributed by atoms with van der Waals surface area (Å²) in [5, 5.41) is 3.95. The fourth-order valence-corrected chi connectivity index (χ4v) is 1.93. The average Bonchev–Trinajstić information content (AvgIpc) is 2.58. The second-order valence-corrected chi connectivity index (χ2v) is 5.03. The zero-order valence-corrected chi connectivity index (χ0v) is 13.2. The molecule has 0 aliphatic heterocycles. The van der Waals surface area contributed by atoms with Crippen LogP contribution in [0.4, 0.5) is 4.39 Å². The monoisotopic (exact) mass is 314 g/mol. The largest absolute Gasteiger partial charge is 0.484 e. The highest BCUT2D eigenvalue weighted by Gasteiger charge is 2.04. The van der Waals surface area contributed by atoms with Crippen molar-refractivity contribution in [2.75, 3.05) is 6.61 Å². The summed E-state index contributed by atoms with van der Waals surface area (Å²) >= 11 is 0. The quantitative estimate of drug-likeness (QED) is 0.657. The Morgan fingerprint density at radius 2 is 1.96 bits per heavy atom. The van der Waals surface area contributed by atoms with Crippen molar-refractivity contribution in [3.63, 3.8) is 0 Å². The molecule has 4 nitrogen and oxygen atoms in total. The first-order chi connectivity index (χ1) is 11.1. The van der Waals surface area contributed by atoms with Crippen molar-refractivity contribution in [2.24, 2.45) is 5.10 Å². The first kappa shape index (κ1) is 16.7. The zero-order valence-electron chi connectivity index (χ0n) is 13.2. The number of rotatable bonds is 6. The average molecular weight is 314 g/mol. The number of ether oxygens (including phenoxy) is 1. The minimum atomic E-state index is -0.375. The zero-order chi connectivity index (χ0) is 16.7. The number of carbonyl (C=O) groups is 1. The van der Waals surface area contributed by atoms with Crippen molar-refractivity contribution >= 4 is 11.6 Å². The summed E-state index contributed by atoms with van der Waals surface area (Å²) in [6.45, 7) is 3.63. The van der Waals surface area contributed by atoms with E-state index in [0.29, 0.717) is 17.0 Å². The van der Waals surface area contributed by atoms with Gasteiger partial charge in [0.2, 0.25) is 0 Å². The van der Waals surface area contributed by atoms with Crippen LogP contribution in [-0.2, 0) is 11.2 Å². The maximum Gasteiger partial charge on any atom is 0.277 e. The molecule has 23 heavy (non-hydrogen) atoms. The molecule has 2 rings (SSSR count). The van der Waals surface area contributed by atoms with E-state index >= 15 is 0 Å². The van der Waals surface area contributed by atoms with E-state index in [1.807, 2.05) is 24.3 Å². The third kappa shape index (κ3) is 5.21. The van der Waals surface area contributed by atoms with Crippen LogP contribution in [0.25, 0.3) is 0 Å². The summed E-state index contributed by atoms with van der Waals surface area (Å²) in [4.78, 5) is 11.7. The van der Waals surface area contributed by atoms with Gasteiger partial charge in [0, 0.05) is 5.56 Å². The molecule has 5 heteroatoms. The van der Waals surface area contributed by atoms with Gasteiger partial charge < -0.3 is 4.74 Å². The van der Waals surface area contributed by atoms with E-state index in [-0.39, 0.29) is 18.3 Å². The van der Waals surface area contributed by atoms with Crippen LogP contribution in [0.15, 0.2) is 53.6 Å². The van der Waals surface area contributed by atoms with Gasteiger partial charge in [-0.15, -0.1) is 0 Å². The maximum absolute atomic E-state index is 13.1. The van der Waals surface area contributed by atoms with Crippen LogP contribution >= 0.6 is 0 Å². The number of nitrogens with zero attached hydrogens (tertiary/aromatic N) is 1. The van der Waals surface area contributed by atoms with E-state index in [2.05, 4.69) is 17.5 Å². The van der Waals surface area contributed by atoms with E-state index in [1.165, 1.54) is 17.7 Å². The molecule has 120 valence electrons. The summed E-state index contributed by atoms with van der Waals surface area (Å²) in [6.07, 6.45) is 0.953. The molecule has 1 N–H and O–H groups in total. The van der Waals surface area contributed by atoms with Crippen molar-refractivity contribution in [1.29, 1.82) is 0 Å². The SMILES string of the molecule is CCc1ccc(OCC(=O)N/N=C(\C)c2cccc(F)c2)cc1. The topological polar surface area (TPSA) is 50.7 Å². The van der Waals surface area contributed by atoms with Gasteiger partial charge in [-0.05, 0) is 43.2 Å². The molecule has 0 unspecified atom stereocenters. The van der Waals surface area contributed by atoms with Gasteiger partial charge in [0.15, 0.2) is 6.61 Å². The van der Waals surface area contributed by atoms with Gasteiger partial charge >= 0.3 is 0 Å². The van der Waals surface area contributed by atoms with Crippen LogP contribution in [0.1, 0.15) is 25.0 Å². The number of hydrogen-bond acceptors (Lipinski definition) is 3. The lowest BCUT2D eigenvalue weighted by molar-refractivity contribution is -0.123. The molecule has 2 aromatic carbocycles. The highest BCUT2D eigenvalue weighted by molar-refractivity contribution is 5.99. The van der Waals surface area contributed by atoms with E-state index in [1.54, 1.807) is 19.1 Å². The Balaban J connectivity index is 1.85. The smallest absolute Gasteiger partial charge is 0.277 e. The van der Waals surface area contributed by atoms with Crippen molar-refractivity contribution in [1.82, 2.24) is 5.43 Å². The van der Waals surface area contributed by atoms with Gasteiger partial charge in [0.05, 0.1) is 5.71 Å². The molecule has 0 atom stereocenters. The normalized spacial score (nSPS) is 11.2.